The van der Waals surface area contributed by atoms with E-state index in [1.165, 1.54) is 0 Å². The molecule has 0 saturated carbocycles. The van der Waals surface area contributed by atoms with E-state index in [-0.39, 0.29) is 16.5 Å². The maximum atomic E-state index is 12.1. The summed E-state index contributed by atoms with van der Waals surface area (Å²) in [5.41, 5.74) is 0.584. The standard InChI is InChI=1S/C11H21N3O3S/c1-7(2)8(3)5-12-18(16,17)11-9(4)13-14-10(11)6-15/h7-8,12,15H,5-6H2,1-4H3,(H,13,14). The van der Waals surface area contributed by atoms with Crippen LogP contribution < -0.4 is 4.72 Å². The molecule has 0 saturated heterocycles. The van der Waals surface area contributed by atoms with Crippen LogP contribution >= 0.6 is 0 Å². The Morgan fingerprint density at radius 1 is 1.39 bits per heavy atom. The first-order valence-corrected chi connectivity index (χ1v) is 7.42. The lowest BCUT2D eigenvalue weighted by Crippen LogP contribution is -2.31. The largest absolute Gasteiger partial charge is 0.390 e. The zero-order valence-electron chi connectivity index (χ0n) is 11.2. The van der Waals surface area contributed by atoms with Crippen LogP contribution in [0.3, 0.4) is 0 Å². The lowest BCUT2D eigenvalue weighted by molar-refractivity contribution is 0.273. The summed E-state index contributed by atoms with van der Waals surface area (Å²) in [4.78, 5) is 0.0564. The fraction of sp³-hybridized carbons (Fsp3) is 0.727. The van der Waals surface area contributed by atoms with Gasteiger partial charge in [-0.15, -0.1) is 0 Å². The number of rotatable bonds is 6. The van der Waals surface area contributed by atoms with E-state index in [0.29, 0.717) is 18.2 Å². The van der Waals surface area contributed by atoms with Crippen molar-refractivity contribution in [2.75, 3.05) is 6.54 Å². The number of aliphatic hydroxyl groups is 1. The average Bonchev–Trinajstić information content (AvgIpc) is 2.67. The highest BCUT2D eigenvalue weighted by molar-refractivity contribution is 7.89. The summed E-state index contributed by atoms with van der Waals surface area (Å²) >= 11 is 0. The van der Waals surface area contributed by atoms with Crippen LogP contribution in [0.4, 0.5) is 0 Å². The minimum Gasteiger partial charge on any atom is -0.390 e. The molecule has 1 aromatic heterocycles. The van der Waals surface area contributed by atoms with E-state index in [1.54, 1.807) is 6.92 Å². The van der Waals surface area contributed by atoms with E-state index < -0.39 is 16.6 Å². The second-order valence-electron chi connectivity index (χ2n) is 4.86. The minimum atomic E-state index is -3.62. The second-order valence-corrected chi connectivity index (χ2v) is 6.56. The van der Waals surface area contributed by atoms with Crippen molar-refractivity contribution < 1.29 is 13.5 Å². The molecular formula is C11H21N3O3S. The van der Waals surface area contributed by atoms with Crippen molar-refractivity contribution in [1.29, 1.82) is 0 Å². The predicted molar refractivity (Wildman–Crippen MR) is 68.4 cm³/mol. The number of aryl methyl sites for hydroxylation is 1. The van der Waals surface area contributed by atoms with Gasteiger partial charge in [-0.2, -0.15) is 5.10 Å². The Balaban J connectivity index is 2.90. The molecule has 0 aliphatic heterocycles. The smallest absolute Gasteiger partial charge is 0.244 e. The number of sulfonamides is 1. The Labute approximate surface area is 108 Å². The monoisotopic (exact) mass is 275 g/mol. The van der Waals surface area contributed by atoms with E-state index in [0.717, 1.165) is 0 Å². The van der Waals surface area contributed by atoms with Crippen molar-refractivity contribution in [1.82, 2.24) is 14.9 Å². The lowest BCUT2D eigenvalue weighted by atomic mass is 9.99. The van der Waals surface area contributed by atoms with E-state index >= 15 is 0 Å². The van der Waals surface area contributed by atoms with E-state index in [4.69, 9.17) is 5.11 Å². The number of aromatic amines is 1. The number of H-pyrrole nitrogens is 1. The third-order valence-corrected chi connectivity index (χ3v) is 4.74. The predicted octanol–water partition coefficient (Wildman–Crippen LogP) is 0.781. The van der Waals surface area contributed by atoms with Gasteiger partial charge in [-0.05, 0) is 18.8 Å². The third-order valence-electron chi connectivity index (χ3n) is 3.11. The summed E-state index contributed by atoms with van der Waals surface area (Å²) < 4.78 is 26.8. The van der Waals surface area contributed by atoms with E-state index in [9.17, 15) is 8.42 Å². The van der Waals surface area contributed by atoms with Gasteiger partial charge in [0.05, 0.1) is 12.3 Å². The number of aromatic nitrogens is 2. The van der Waals surface area contributed by atoms with Gasteiger partial charge in [-0.1, -0.05) is 20.8 Å². The highest BCUT2D eigenvalue weighted by Gasteiger charge is 2.24. The summed E-state index contributed by atoms with van der Waals surface area (Å²) in [6.45, 7) is 7.66. The molecule has 104 valence electrons. The summed E-state index contributed by atoms with van der Waals surface area (Å²) in [5, 5.41) is 15.4. The second kappa shape index (κ2) is 5.81. The Morgan fingerprint density at radius 3 is 2.50 bits per heavy atom. The maximum absolute atomic E-state index is 12.1. The zero-order chi connectivity index (χ0) is 13.9. The van der Waals surface area contributed by atoms with Crippen molar-refractivity contribution in [2.24, 2.45) is 11.8 Å². The van der Waals surface area contributed by atoms with Gasteiger partial charge in [-0.3, -0.25) is 5.10 Å². The van der Waals surface area contributed by atoms with Gasteiger partial charge in [0.1, 0.15) is 10.6 Å². The molecule has 1 atom stereocenters. The van der Waals surface area contributed by atoms with Gasteiger partial charge in [0, 0.05) is 6.54 Å². The number of hydrogen-bond acceptors (Lipinski definition) is 4. The molecular weight excluding hydrogens is 254 g/mol. The first kappa shape index (κ1) is 15.1. The number of nitrogens with zero attached hydrogens (tertiary/aromatic N) is 1. The van der Waals surface area contributed by atoms with Crippen molar-refractivity contribution in [3.8, 4) is 0 Å². The van der Waals surface area contributed by atoms with Crippen molar-refractivity contribution in [2.45, 2.75) is 39.2 Å². The Kier molecular flexibility index (Phi) is 4.89. The molecule has 1 heterocycles. The topological polar surface area (TPSA) is 95.1 Å². The van der Waals surface area contributed by atoms with Gasteiger partial charge in [-0.25, -0.2) is 13.1 Å². The first-order valence-electron chi connectivity index (χ1n) is 5.94. The van der Waals surface area contributed by atoms with E-state index in [2.05, 4.69) is 14.9 Å². The highest BCUT2D eigenvalue weighted by Crippen LogP contribution is 2.18. The van der Waals surface area contributed by atoms with Crippen molar-refractivity contribution in [3.63, 3.8) is 0 Å². The molecule has 1 aromatic rings. The van der Waals surface area contributed by atoms with Crippen LogP contribution in [-0.4, -0.2) is 30.3 Å². The van der Waals surface area contributed by atoms with Crippen LogP contribution in [0, 0.1) is 18.8 Å². The quantitative estimate of drug-likeness (QED) is 0.715. The third kappa shape index (κ3) is 3.30. The molecule has 0 radical (unpaired) electrons. The molecule has 0 amide bonds. The number of hydrogen-bond donors (Lipinski definition) is 3. The van der Waals surface area contributed by atoms with Gasteiger partial charge in [0.25, 0.3) is 0 Å². The highest BCUT2D eigenvalue weighted by atomic mass is 32.2. The SMILES string of the molecule is Cc1[nH]nc(CO)c1S(=O)(=O)NCC(C)C(C)C. The Morgan fingerprint density at radius 2 is 2.00 bits per heavy atom. The lowest BCUT2D eigenvalue weighted by Gasteiger charge is -2.16. The maximum Gasteiger partial charge on any atom is 0.244 e. The molecule has 1 unspecified atom stereocenters. The zero-order valence-corrected chi connectivity index (χ0v) is 12.0. The minimum absolute atomic E-state index is 0.0564. The van der Waals surface area contributed by atoms with Crippen LogP contribution in [0.1, 0.15) is 32.2 Å². The van der Waals surface area contributed by atoms with Crippen LogP contribution in [0.2, 0.25) is 0 Å². The molecule has 3 N–H and O–H groups in total. The molecule has 1 rings (SSSR count). The normalized spacial score (nSPS) is 14.1. The molecule has 0 aromatic carbocycles. The van der Waals surface area contributed by atoms with E-state index in [1.807, 2.05) is 20.8 Å². The molecule has 0 fully saturated rings. The molecule has 7 heteroatoms. The van der Waals surface area contributed by atoms with Crippen LogP contribution in [0.5, 0.6) is 0 Å². The van der Waals surface area contributed by atoms with Gasteiger partial charge in [0.15, 0.2) is 0 Å². The number of nitrogens with one attached hydrogen (secondary N) is 2. The molecule has 6 nitrogen and oxygen atoms in total. The van der Waals surface area contributed by atoms with Crippen LogP contribution in [0.25, 0.3) is 0 Å². The first-order chi connectivity index (χ1) is 8.29. The fourth-order valence-corrected chi connectivity index (χ4v) is 2.98. The molecule has 0 aliphatic rings. The Bertz CT molecular complexity index is 494. The molecule has 0 bridgehead atoms. The van der Waals surface area contributed by atoms with Crippen molar-refractivity contribution >= 4 is 10.0 Å². The van der Waals surface area contributed by atoms with Gasteiger partial charge >= 0.3 is 0 Å². The van der Waals surface area contributed by atoms with Crippen LogP contribution in [-0.2, 0) is 16.6 Å². The molecule has 0 spiro atoms. The average molecular weight is 275 g/mol. The van der Waals surface area contributed by atoms with Gasteiger partial charge < -0.3 is 5.11 Å². The summed E-state index contributed by atoms with van der Waals surface area (Å²) in [6.07, 6.45) is 0. The fourth-order valence-electron chi connectivity index (χ4n) is 1.48. The molecule has 18 heavy (non-hydrogen) atoms. The van der Waals surface area contributed by atoms with Crippen LogP contribution in [0.15, 0.2) is 4.90 Å². The Hall–Kier alpha value is -0.920. The van der Waals surface area contributed by atoms with Gasteiger partial charge in [0.2, 0.25) is 10.0 Å². The summed E-state index contributed by atoms with van der Waals surface area (Å²) in [7, 11) is -3.62. The van der Waals surface area contributed by atoms with Crippen molar-refractivity contribution in [3.05, 3.63) is 11.4 Å². The summed E-state index contributed by atoms with van der Waals surface area (Å²) in [6, 6.07) is 0. The number of aliphatic hydroxyl groups excluding tert-OH is 1. The molecule has 0 aliphatic carbocycles. The summed E-state index contributed by atoms with van der Waals surface area (Å²) in [5.74, 6) is 0.639.